The Labute approximate surface area is 75.1 Å². The molecule has 0 saturated carbocycles. The van der Waals surface area contributed by atoms with E-state index in [2.05, 4.69) is 22.9 Å². The minimum absolute atomic E-state index is 0.224. The molecule has 0 bridgehead atoms. The maximum Gasteiger partial charge on any atom is 0.185 e. The highest BCUT2D eigenvalue weighted by atomic mass is 79.9. The van der Waals surface area contributed by atoms with Crippen LogP contribution < -0.4 is 0 Å². The van der Waals surface area contributed by atoms with Crippen molar-refractivity contribution in [2.24, 2.45) is 0 Å². The molecule has 0 N–H and O–H groups in total. The Morgan fingerprint density at radius 1 is 1.70 bits per heavy atom. The SMILES string of the molecule is CC(=O)SCCCC(C)Br. The van der Waals surface area contributed by atoms with E-state index in [9.17, 15) is 4.79 Å². The number of carbonyl (C=O) groups is 1. The number of rotatable bonds is 4. The van der Waals surface area contributed by atoms with Gasteiger partial charge in [-0.3, -0.25) is 4.79 Å². The molecule has 0 aliphatic rings. The molecule has 0 aromatic rings. The summed E-state index contributed by atoms with van der Waals surface area (Å²) in [5.41, 5.74) is 0. The van der Waals surface area contributed by atoms with E-state index in [-0.39, 0.29) is 5.12 Å². The fraction of sp³-hybridized carbons (Fsp3) is 0.857. The molecule has 0 spiro atoms. The van der Waals surface area contributed by atoms with E-state index in [1.165, 1.54) is 11.8 Å². The third-order valence-electron chi connectivity index (χ3n) is 1.05. The maximum atomic E-state index is 10.4. The van der Waals surface area contributed by atoms with Gasteiger partial charge < -0.3 is 0 Å². The Hall–Kier alpha value is 0.500. The highest BCUT2D eigenvalue weighted by molar-refractivity contribution is 9.09. The number of carbonyl (C=O) groups excluding carboxylic acids is 1. The first-order valence-corrected chi connectivity index (χ1v) is 5.30. The van der Waals surface area contributed by atoms with Crippen molar-refractivity contribution >= 4 is 32.8 Å². The van der Waals surface area contributed by atoms with Gasteiger partial charge in [0.05, 0.1) is 0 Å². The predicted molar refractivity (Wildman–Crippen MR) is 50.8 cm³/mol. The van der Waals surface area contributed by atoms with Gasteiger partial charge in [0, 0.05) is 17.5 Å². The minimum atomic E-state index is 0.224. The zero-order chi connectivity index (χ0) is 7.98. The van der Waals surface area contributed by atoms with E-state index < -0.39 is 0 Å². The van der Waals surface area contributed by atoms with Crippen molar-refractivity contribution in [3.05, 3.63) is 0 Å². The van der Waals surface area contributed by atoms with E-state index in [4.69, 9.17) is 0 Å². The Morgan fingerprint density at radius 3 is 2.70 bits per heavy atom. The van der Waals surface area contributed by atoms with E-state index in [0.717, 1.165) is 18.6 Å². The summed E-state index contributed by atoms with van der Waals surface area (Å²) in [6, 6.07) is 0. The lowest BCUT2D eigenvalue weighted by atomic mass is 10.3. The van der Waals surface area contributed by atoms with Crippen LogP contribution in [0.5, 0.6) is 0 Å². The topological polar surface area (TPSA) is 17.1 Å². The summed E-state index contributed by atoms with van der Waals surface area (Å²) in [5.74, 6) is 0.964. The van der Waals surface area contributed by atoms with Crippen LogP contribution in [0.15, 0.2) is 0 Å². The van der Waals surface area contributed by atoms with Crippen LogP contribution >= 0.6 is 27.7 Å². The van der Waals surface area contributed by atoms with Crippen LogP contribution in [-0.4, -0.2) is 15.7 Å². The van der Waals surface area contributed by atoms with Gasteiger partial charge in [-0.15, -0.1) is 0 Å². The first-order chi connectivity index (χ1) is 4.63. The van der Waals surface area contributed by atoms with Crippen LogP contribution in [0.2, 0.25) is 0 Å². The molecule has 0 saturated heterocycles. The van der Waals surface area contributed by atoms with Crippen LogP contribution in [0.25, 0.3) is 0 Å². The zero-order valence-electron chi connectivity index (χ0n) is 6.39. The second-order valence-electron chi connectivity index (χ2n) is 2.26. The van der Waals surface area contributed by atoms with Gasteiger partial charge >= 0.3 is 0 Å². The van der Waals surface area contributed by atoms with Crippen molar-refractivity contribution in [3.63, 3.8) is 0 Å². The van der Waals surface area contributed by atoms with Crippen LogP contribution in [0, 0.1) is 0 Å². The number of hydrogen-bond acceptors (Lipinski definition) is 2. The zero-order valence-corrected chi connectivity index (χ0v) is 8.80. The smallest absolute Gasteiger partial charge is 0.185 e. The molecule has 0 aromatic heterocycles. The van der Waals surface area contributed by atoms with Crippen LogP contribution in [0.1, 0.15) is 26.7 Å². The Kier molecular flexibility index (Phi) is 6.54. The highest BCUT2D eigenvalue weighted by Gasteiger charge is 1.97. The molecule has 0 heterocycles. The van der Waals surface area contributed by atoms with Crippen molar-refractivity contribution in [3.8, 4) is 0 Å². The molecule has 3 heteroatoms. The van der Waals surface area contributed by atoms with Gasteiger partial charge in [0.15, 0.2) is 5.12 Å². The van der Waals surface area contributed by atoms with E-state index in [0.29, 0.717) is 4.83 Å². The second-order valence-corrected chi connectivity index (χ2v) is 5.10. The van der Waals surface area contributed by atoms with Gasteiger partial charge in [0.1, 0.15) is 0 Å². The molecule has 0 fully saturated rings. The molecule has 1 nitrogen and oxygen atoms in total. The lowest BCUT2D eigenvalue weighted by Gasteiger charge is -1.99. The summed E-state index contributed by atoms with van der Waals surface area (Å²) in [5, 5.41) is 0.224. The molecule has 1 unspecified atom stereocenters. The fourth-order valence-electron chi connectivity index (χ4n) is 0.581. The third-order valence-corrected chi connectivity index (χ3v) is 2.41. The summed E-state index contributed by atoms with van der Waals surface area (Å²) >= 11 is 4.86. The van der Waals surface area contributed by atoms with Gasteiger partial charge in [-0.25, -0.2) is 0 Å². The van der Waals surface area contributed by atoms with Crippen LogP contribution in [-0.2, 0) is 4.79 Å². The normalized spacial score (nSPS) is 13.1. The molecule has 10 heavy (non-hydrogen) atoms. The van der Waals surface area contributed by atoms with Gasteiger partial charge in [0.2, 0.25) is 0 Å². The molecular formula is C7H13BrOS. The Balaban J connectivity index is 2.98. The highest BCUT2D eigenvalue weighted by Crippen LogP contribution is 2.10. The number of thioether (sulfide) groups is 1. The van der Waals surface area contributed by atoms with Crippen molar-refractivity contribution in [1.29, 1.82) is 0 Å². The van der Waals surface area contributed by atoms with Gasteiger partial charge in [0.25, 0.3) is 0 Å². The maximum absolute atomic E-state index is 10.4. The molecule has 60 valence electrons. The largest absolute Gasteiger partial charge is 0.288 e. The monoisotopic (exact) mass is 224 g/mol. The van der Waals surface area contributed by atoms with Crippen LogP contribution in [0.3, 0.4) is 0 Å². The van der Waals surface area contributed by atoms with Crippen LogP contribution in [0.4, 0.5) is 0 Å². The van der Waals surface area contributed by atoms with E-state index >= 15 is 0 Å². The predicted octanol–water partition coefficient (Wildman–Crippen LogP) is 2.83. The summed E-state index contributed by atoms with van der Waals surface area (Å²) in [6.07, 6.45) is 2.27. The standard InChI is InChI=1S/C7H13BrOS/c1-6(8)4-3-5-10-7(2)9/h6H,3-5H2,1-2H3. The third kappa shape index (κ3) is 8.50. The second kappa shape index (κ2) is 6.23. The Morgan fingerprint density at radius 2 is 2.30 bits per heavy atom. The van der Waals surface area contributed by atoms with Gasteiger partial charge in [-0.05, 0) is 12.8 Å². The van der Waals surface area contributed by atoms with Crippen molar-refractivity contribution in [2.45, 2.75) is 31.5 Å². The summed E-state index contributed by atoms with van der Waals surface area (Å²) in [4.78, 5) is 11.0. The summed E-state index contributed by atoms with van der Waals surface area (Å²) < 4.78 is 0. The number of alkyl halides is 1. The van der Waals surface area contributed by atoms with Crippen molar-refractivity contribution in [1.82, 2.24) is 0 Å². The molecule has 0 aromatic carbocycles. The van der Waals surface area contributed by atoms with Crippen molar-refractivity contribution in [2.75, 3.05) is 5.75 Å². The summed E-state index contributed by atoms with van der Waals surface area (Å²) in [6.45, 7) is 3.74. The first kappa shape index (κ1) is 10.5. The quantitative estimate of drug-likeness (QED) is 0.540. The van der Waals surface area contributed by atoms with Crippen molar-refractivity contribution < 1.29 is 4.79 Å². The molecule has 0 rings (SSSR count). The lowest BCUT2D eigenvalue weighted by molar-refractivity contribution is -0.109. The molecule has 0 aliphatic carbocycles. The molecule has 0 aliphatic heterocycles. The van der Waals surface area contributed by atoms with E-state index in [1.807, 2.05) is 0 Å². The molecule has 0 amide bonds. The molecule has 1 atom stereocenters. The minimum Gasteiger partial charge on any atom is -0.288 e. The summed E-state index contributed by atoms with van der Waals surface area (Å²) in [7, 11) is 0. The van der Waals surface area contributed by atoms with E-state index in [1.54, 1.807) is 6.92 Å². The lowest BCUT2D eigenvalue weighted by Crippen LogP contribution is -1.92. The average molecular weight is 225 g/mol. The fourth-order valence-corrected chi connectivity index (χ4v) is 1.50. The molecule has 0 radical (unpaired) electrons. The number of hydrogen-bond donors (Lipinski definition) is 0. The average Bonchev–Trinajstić information content (AvgIpc) is 1.79. The molecular weight excluding hydrogens is 212 g/mol. The Bertz CT molecular complexity index is 104. The first-order valence-electron chi connectivity index (χ1n) is 3.40. The number of halogens is 1. The van der Waals surface area contributed by atoms with Gasteiger partial charge in [-0.2, -0.15) is 0 Å². The van der Waals surface area contributed by atoms with Gasteiger partial charge in [-0.1, -0.05) is 34.6 Å².